The first-order valence-corrected chi connectivity index (χ1v) is 7.46. The fourth-order valence-electron chi connectivity index (χ4n) is 2.25. The number of aromatic nitrogens is 2. The molecule has 0 atom stereocenters. The summed E-state index contributed by atoms with van der Waals surface area (Å²) in [5.41, 5.74) is 1.48. The highest BCUT2D eigenvalue weighted by atomic mass is 35.5. The quantitative estimate of drug-likeness (QED) is 0.777. The van der Waals surface area contributed by atoms with Gasteiger partial charge in [0.2, 0.25) is 0 Å². The number of unbranched alkanes of at least 4 members (excludes halogenated alkanes) is 4. The van der Waals surface area contributed by atoms with Crippen LogP contribution in [0, 0.1) is 0 Å². The van der Waals surface area contributed by atoms with Gasteiger partial charge < -0.3 is 4.98 Å². The molecule has 1 N–H and O–H groups in total. The van der Waals surface area contributed by atoms with E-state index < -0.39 is 0 Å². The van der Waals surface area contributed by atoms with E-state index >= 15 is 0 Å². The van der Waals surface area contributed by atoms with Gasteiger partial charge in [-0.05, 0) is 18.6 Å². The van der Waals surface area contributed by atoms with Crippen LogP contribution in [0.3, 0.4) is 0 Å². The zero-order chi connectivity index (χ0) is 13.8. The van der Waals surface area contributed by atoms with Gasteiger partial charge in [0.05, 0.1) is 21.1 Å². The van der Waals surface area contributed by atoms with E-state index in [-0.39, 0.29) is 5.69 Å². The summed E-state index contributed by atoms with van der Waals surface area (Å²) in [6.07, 6.45) is 5.85. The third-order valence-electron chi connectivity index (χ3n) is 3.30. The fraction of sp³-hybridized carbons (Fsp3) is 0.500. The number of imidazole rings is 1. The van der Waals surface area contributed by atoms with Crippen LogP contribution in [-0.4, -0.2) is 9.55 Å². The predicted octanol–water partition coefficient (Wildman–Crippen LogP) is 4.61. The molecule has 0 aliphatic carbocycles. The average Bonchev–Trinajstić information content (AvgIpc) is 2.66. The van der Waals surface area contributed by atoms with Crippen molar-refractivity contribution in [3.63, 3.8) is 0 Å². The lowest BCUT2D eigenvalue weighted by molar-refractivity contribution is 0.567. The van der Waals surface area contributed by atoms with Crippen molar-refractivity contribution in [1.29, 1.82) is 0 Å². The molecule has 0 spiro atoms. The SMILES string of the molecule is CCCCCCCn1c(=O)[nH]c2cc(Cl)c(Cl)cc21. The van der Waals surface area contributed by atoms with Crippen molar-refractivity contribution in [1.82, 2.24) is 9.55 Å². The molecule has 1 aromatic carbocycles. The molecule has 5 heteroatoms. The third-order valence-corrected chi connectivity index (χ3v) is 4.02. The molecule has 0 amide bonds. The number of hydrogen-bond donors (Lipinski definition) is 1. The van der Waals surface area contributed by atoms with E-state index in [1.807, 2.05) is 0 Å². The third kappa shape index (κ3) is 3.34. The van der Waals surface area contributed by atoms with Crippen LogP contribution < -0.4 is 5.69 Å². The molecule has 0 saturated carbocycles. The number of aromatic amines is 1. The van der Waals surface area contributed by atoms with Gasteiger partial charge in [-0.2, -0.15) is 0 Å². The Morgan fingerprint density at radius 1 is 1.11 bits per heavy atom. The Morgan fingerprint density at radius 3 is 2.53 bits per heavy atom. The van der Waals surface area contributed by atoms with Gasteiger partial charge in [-0.1, -0.05) is 55.8 Å². The van der Waals surface area contributed by atoms with E-state index in [1.165, 1.54) is 19.3 Å². The van der Waals surface area contributed by atoms with E-state index in [1.54, 1.807) is 16.7 Å². The Morgan fingerprint density at radius 2 is 1.79 bits per heavy atom. The highest BCUT2D eigenvalue weighted by Gasteiger charge is 2.09. The van der Waals surface area contributed by atoms with Crippen LogP contribution in [0.15, 0.2) is 16.9 Å². The molecule has 0 saturated heterocycles. The molecular weight excluding hydrogens is 283 g/mol. The highest BCUT2D eigenvalue weighted by molar-refractivity contribution is 6.42. The smallest absolute Gasteiger partial charge is 0.305 e. The molecule has 0 bridgehead atoms. The van der Waals surface area contributed by atoms with E-state index in [0.29, 0.717) is 10.0 Å². The molecule has 3 nitrogen and oxygen atoms in total. The summed E-state index contributed by atoms with van der Waals surface area (Å²) in [6, 6.07) is 3.46. The summed E-state index contributed by atoms with van der Waals surface area (Å²) in [7, 11) is 0. The van der Waals surface area contributed by atoms with Crippen molar-refractivity contribution < 1.29 is 0 Å². The molecule has 0 unspecified atom stereocenters. The summed E-state index contributed by atoms with van der Waals surface area (Å²) >= 11 is 12.0. The van der Waals surface area contributed by atoms with Crippen LogP contribution in [0.2, 0.25) is 10.0 Å². The lowest BCUT2D eigenvalue weighted by Crippen LogP contribution is -2.16. The molecule has 19 heavy (non-hydrogen) atoms. The largest absolute Gasteiger partial charge is 0.326 e. The van der Waals surface area contributed by atoms with Gasteiger partial charge in [0.1, 0.15) is 0 Å². The van der Waals surface area contributed by atoms with E-state index in [2.05, 4.69) is 11.9 Å². The Labute approximate surface area is 122 Å². The van der Waals surface area contributed by atoms with Crippen LogP contribution in [-0.2, 0) is 6.54 Å². The van der Waals surface area contributed by atoms with Crippen molar-refractivity contribution in [2.24, 2.45) is 0 Å². The molecular formula is C14H18Cl2N2O. The van der Waals surface area contributed by atoms with Crippen LogP contribution in [0.5, 0.6) is 0 Å². The number of rotatable bonds is 6. The number of hydrogen-bond acceptors (Lipinski definition) is 1. The van der Waals surface area contributed by atoms with E-state index in [4.69, 9.17) is 23.2 Å². The summed E-state index contributed by atoms with van der Waals surface area (Å²) < 4.78 is 1.74. The molecule has 1 heterocycles. The van der Waals surface area contributed by atoms with Crippen molar-refractivity contribution in [3.05, 3.63) is 32.7 Å². The minimum atomic E-state index is -0.0937. The van der Waals surface area contributed by atoms with Crippen LogP contribution in [0.25, 0.3) is 11.0 Å². The summed E-state index contributed by atoms with van der Waals surface area (Å²) in [6.45, 7) is 2.91. The second-order valence-corrected chi connectivity index (χ2v) is 5.59. The van der Waals surface area contributed by atoms with Crippen LogP contribution in [0.4, 0.5) is 0 Å². The van der Waals surface area contributed by atoms with Gasteiger partial charge in [0, 0.05) is 6.54 Å². The van der Waals surface area contributed by atoms with Crippen LogP contribution >= 0.6 is 23.2 Å². The standard InChI is InChI=1S/C14H18Cl2N2O/c1-2-3-4-5-6-7-18-13-9-11(16)10(15)8-12(13)17-14(18)19/h8-9H,2-7H2,1H3,(H,17,19). The lowest BCUT2D eigenvalue weighted by Gasteiger charge is -2.04. The first-order valence-electron chi connectivity index (χ1n) is 6.71. The number of aryl methyl sites for hydroxylation is 1. The van der Waals surface area contributed by atoms with Gasteiger partial charge >= 0.3 is 5.69 Å². The topological polar surface area (TPSA) is 37.8 Å². The summed E-state index contributed by atoms with van der Waals surface area (Å²) in [5, 5.41) is 0.943. The van der Waals surface area contributed by atoms with Crippen molar-refractivity contribution >= 4 is 34.2 Å². The number of halogens is 2. The molecule has 0 aliphatic rings. The lowest BCUT2D eigenvalue weighted by atomic mass is 10.1. The summed E-state index contributed by atoms with van der Waals surface area (Å²) in [4.78, 5) is 14.7. The second kappa shape index (κ2) is 6.49. The molecule has 2 rings (SSSR count). The minimum Gasteiger partial charge on any atom is -0.305 e. The van der Waals surface area contributed by atoms with E-state index in [0.717, 1.165) is 30.4 Å². The van der Waals surface area contributed by atoms with Gasteiger partial charge in [-0.3, -0.25) is 4.57 Å². The first-order chi connectivity index (χ1) is 9.13. The van der Waals surface area contributed by atoms with E-state index in [9.17, 15) is 4.79 Å². The number of nitrogens with zero attached hydrogens (tertiary/aromatic N) is 1. The Bertz CT molecular complexity index is 616. The van der Waals surface area contributed by atoms with Gasteiger partial charge in [0.25, 0.3) is 0 Å². The zero-order valence-electron chi connectivity index (χ0n) is 11.0. The average molecular weight is 301 g/mol. The Balaban J connectivity index is 2.16. The molecule has 2 aromatic rings. The highest BCUT2D eigenvalue weighted by Crippen LogP contribution is 2.26. The maximum absolute atomic E-state index is 11.9. The predicted molar refractivity (Wildman–Crippen MR) is 81.3 cm³/mol. The second-order valence-electron chi connectivity index (χ2n) is 4.78. The Hall–Kier alpha value is -0.930. The number of benzene rings is 1. The van der Waals surface area contributed by atoms with Crippen molar-refractivity contribution in [2.45, 2.75) is 45.6 Å². The minimum absolute atomic E-state index is 0.0937. The van der Waals surface area contributed by atoms with Gasteiger partial charge in [-0.15, -0.1) is 0 Å². The maximum atomic E-state index is 11.9. The molecule has 0 radical (unpaired) electrons. The van der Waals surface area contributed by atoms with Crippen molar-refractivity contribution in [3.8, 4) is 0 Å². The van der Waals surface area contributed by atoms with Gasteiger partial charge in [-0.25, -0.2) is 4.79 Å². The maximum Gasteiger partial charge on any atom is 0.326 e. The van der Waals surface area contributed by atoms with Crippen LogP contribution in [0.1, 0.15) is 39.0 Å². The first kappa shape index (κ1) is 14.5. The van der Waals surface area contributed by atoms with Crippen molar-refractivity contribution in [2.75, 3.05) is 0 Å². The van der Waals surface area contributed by atoms with Gasteiger partial charge in [0.15, 0.2) is 0 Å². The number of H-pyrrole nitrogens is 1. The zero-order valence-corrected chi connectivity index (χ0v) is 12.5. The molecule has 0 aliphatic heterocycles. The molecule has 1 aromatic heterocycles. The molecule has 0 fully saturated rings. The Kier molecular flexibility index (Phi) is 4.94. The summed E-state index contributed by atoms with van der Waals surface area (Å²) in [5.74, 6) is 0. The number of nitrogens with one attached hydrogen (secondary N) is 1. The molecule has 104 valence electrons. The number of fused-ring (bicyclic) bond motifs is 1. The normalized spacial score (nSPS) is 11.3. The fourth-order valence-corrected chi connectivity index (χ4v) is 2.57. The monoisotopic (exact) mass is 300 g/mol.